The Morgan fingerprint density at radius 2 is 1.72 bits per heavy atom. The maximum absolute atomic E-state index is 14.4. The van der Waals surface area contributed by atoms with Crippen LogP contribution in [0.1, 0.15) is 10.4 Å². The van der Waals surface area contributed by atoms with Gasteiger partial charge in [-0.15, -0.1) is 5.10 Å². The number of carboxylic acid groups (broad SMARTS) is 1. The lowest BCUT2D eigenvalue weighted by Gasteiger charge is -2.21. The molecule has 0 bridgehead atoms. The van der Waals surface area contributed by atoms with E-state index in [1.807, 2.05) is 0 Å². The van der Waals surface area contributed by atoms with E-state index >= 15 is 0 Å². The molecule has 1 heterocycles. The number of para-hydroxylation sites is 1. The number of ether oxygens (including phenoxy) is 1. The third-order valence-corrected chi connectivity index (χ3v) is 7.34. The first-order valence-corrected chi connectivity index (χ1v) is 13.2. The summed E-state index contributed by atoms with van der Waals surface area (Å²) >= 11 is 0. The van der Waals surface area contributed by atoms with Gasteiger partial charge in [0.05, 0.1) is 56.8 Å². The molecular weight excluding hydrogens is 527 g/mol. The van der Waals surface area contributed by atoms with Gasteiger partial charge < -0.3 is 24.2 Å². The fourth-order valence-electron chi connectivity index (χ4n) is 3.49. The zero-order valence-corrected chi connectivity index (χ0v) is 22.7. The number of quaternary nitrogens is 1. The van der Waals surface area contributed by atoms with Gasteiger partial charge in [0, 0.05) is 5.56 Å². The minimum Gasteiger partial charge on any atom is -0.545 e. The highest BCUT2D eigenvalue weighted by Gasteiger charge is 2.24. The minimum atomic E-state index is -4.03. The van der Waals surface area contributed by atoms with Crippen LogP contribution in [0.5, 0.6) is 5.75 Å². The molecule has 1 aromatic heterocycles. The maximum Gasteiger partial charge on any atom is 0.207 e. The van der Waals surface area contributed by atoms with Crippen molar-refractivity contribution in [3.05, 3.63) is 84.3 Å². The normalized spacial score (nSPS) is 11.4. The van der Waals surface area contributed by atoms with Crippen LogP contribution < -0.4 is 9.84 Å². The molecule has 0 amide bonds. The van der Waals surface area contributed by atoms with Crippen molar-refractivity contribution in [1.82, 2.24) is 15.0 Å². The van der Waals surface area contributed by atoms with Crippen LogP contribution in [0.2, 0.25) is 0 Å². The zero-order chi connectivity index (χ0) is 28.8. The molecule has 0 fully saturated rings. The van der Waals surface area contributed by atoms with E-state index in [2.05, 4.69) is 31.5 Å². The summed E-state index contributed by atoms with van der Waals surface area (Å²) in [6.45, 7) is 1.11. The number of sulfone groups is 1. The van der Waals surface area contributed by atoms with E-state index in [0.29, 0.717) is 0 Å². The average Bonchev–Trinajstić information content (AvgIpc) is 3.38. The molecule has 10 nitrogen and oxygen atoms in total. The predicted molar refractivity (Wildman–Crippen MR) is 140 cm³/mol. The molecule has 4 aromatic rings. The summed E-state index contributed by atoms with van der Waals surface area (Å²) in [5, 5.41) is 27.3. The largest absolute Gasteiger partial charge is 0.545 e. The second kappa shape index (κ2) is 12.2. The van der Waals surface area contributed by atoms with E-state index in [9.17, 15) is 22.7 Å². The molecule has 0 aliphatic carbocycles. The van der Waals surface area contributed by atoms with E-state index in [4.69, 9.17) is 9.84 Å². The fraction of sp³-hybridized carbons (Fsp3) is 0.222. The number of aromatic nitrogens is 3. The second-order valence-corrected chi connectivity index (χ2v) is 11.3. The maximum atomic E-state index is 14.4. The molecule has 0 aliphatic heterocycles. The highest BCUT2D eigenvalue weighted by molar-refractivity contribution is 7.91. The molecule has 206 valence electrons. The van der Waals surface area contributed by atoms with Gasteiger partial charge >= 0.3 is 0 Å². The summed E-state index contributed by atoms with van der Waals surface area (Å²) in [7, 11) is 3.52. The van der Waals surface area contributed by atoms with E-state index in [-0.39, 0.29) is 44.7 Å². The van der Waals surface area contributed by atoms with Gasteiger partial charge in [0.2, 0.25) is 9.84 Å². The Balaban J connectivity index is 0.000000532. The van der Waals surface area contributed by atoms with Crippen molar-refractivity contribution >= 4 is 15.8 Å². The fourth-order valence-corrected chi connectivity index (χ4v) is 4.96. The number of carboxylic acids is 1. The van der Waals surface area contributed by atoms with E-state index in [0.717, 1.165) is 23.2 Å². The first-order chi connectivity index (χ1) is 18.4. The lowest BCUT2D eigenvalue weighted by molar-refractivity contribution is -0.870. The lowest BCUT2D eigenvalue weighted by atomic mass is 10.2. The summed E-state index contributed by atoms with van der Waals surface area (Å²) in [4.78, 5) is 10.8. The Morgan fingerprint density at radius 1 is 1.05 bits per heavy atom. The topological polar surface area (TPSA) is 134 Å². The van der Waals surface area contributed by atoms with Crippen LogP contribution >= 0.6 is 0 Å². The minimum absolute atomic E-state index is 0.0342. The van der Waals surface area contributed by atoms with Gasteiger partial charge in [-0.1, -0.05) is 41.6 Å². The number of methoxy groups -OCH3 is 1. The summed E-state index contributed by atoms with van der Waals surface area (Å²) < 4.78 is 48.1. The molecule has 0 spiro atoms. The van der Waals surface area contributed by atoms with Crippen LogP contribution in [0.3, 0.4) is 0 Å². The molecular formula is C27H29FN4O6S. The Kier molecular flexibility index (Phi) is 9.17. The SMILES string of the molecule is COc1cccc(F)c1-n1cc(-c2ccccc2S(=O)(=O)c2ccc(C(=O)[O-])cc2)nn1.C[N+](C)(C)CCO. The number of halogens is 1. The summed E-state index contributed by atoms with van der Waals surface area (Å²) in [6, 6.07) is 15.1. The number of aromatic carboxylic acids is 1. The van der Waals surface area contributed by atoms with Gasteiger partial charge in [0.1, 0.15) is 23.7 Å². The number of benzene rings is 3. The van der Waals surface area contributed by atoms with Gasteiger partial charge in [-0.3, -0.25) is 0 Å². The van der Waals surface area contributed by atoms with Crippen LogP contribution in [0.25, 0.3) is 16.9 Å². The lowest BCUT2D eigenvalue weighted by Crippen LogP contribution is -2.36. The number of aliphatic hydroxyl groups is 1. The number of carbonyl (C=O) groups excluding carboxylic acids is 1. The number of carbonyl (C=O) groups is 1. The van der Waals surface area contributed by atoms with Crippen LogP contribution in [0, 0.1) is 5.82 Å². The highest BCUT2D eigenvalue weighted by Crippen LogP contribution is 2.32. The number of likely N-dealkylation sites (N-methyl/N-ethyl adjacent to an activating group) is 1. The monoisotopic (exact) mass is 556 g/mol. The molecule has 1 N–H and O–H groups in total. The zero-order valence-electron chi connectivity index (χ0n) is 21.9. The first kappa shape index (κ1) is 29.4. The van der Waals surface area contributed by atoms with Crippen molar-refractivity contribution in [3.63, 3.8) is 0 Å². The Bertz CT molecular complexity index is 1550. The second-order valence-electron chi connectivity index (χ2n) is 9.39. The predicted octanol–water partition coefficient (Wildman–Crippen LogP) is 1.96. The third kappa shape index (κ3) is 7.05. The van der Waals surface area contributed by atoms with E-state index in [1.54, 1.807) is 24.3 Å². The van der Waals surface area contributed by atoms with Crippen molar-refractivity contribution in [3.8, 4) is 22.7 Å². The van der Waals surface area contributed by atoms with Gasteiger partial charge in [-0.05, 0) is 35.9 Å². The smallest absolute Gasteiger partial charge is 0.207 e. The number of aliphatic hydroxyl groups excluding tert-OH is 1. The van der Waals surface area contributed by atoms with E-state index < -0.39 is 21.6 Å². The van der Waals surface area contributed by atoms with Crippen LogP contribution in [0.15, 0.2) is 82.7 Å². The van der Waals surface area contributed by atoms with Crippen LogP contribution in [-0.4, -0.2) is 80.4 Å². The molecule has 39 heavy (non-hydrogen) atoms. The Hall–Kier alpha value is -4.13. The Morgan fingerprint density at radius 3 is 2.28 bits per heavy atom. The molecule has 3 aromatic carbocycles. The van der Waals surface area contributed by atoms with Crippen molar-refractivity contribution in [1.29, 1.82) is 0 Å². The molecule has 0 unspecified atom stereocenters. The highest BCUT2D eigenvalue weighted by atomic mass is 32.2. The number of hydrogen-bond acceptors (Lipinski definition) is 8. The molecule has 0 atom stereocenters. The third-order valence-electron chi connectivity index (χ3n) is 5.52. The van der Waals surface area contributed by atoms with Crippen molar-refractivity contribution < 1.29 is 37.0 Å². The molecule has 0 saturated heterocycles. The quantitative estimate of drug-likeness (QED) is 0.326. The van der Waals surface area contributed by atoms with Crippen molar-refractivity contribution in [2.45, 2.75) is 9.79 Å². The van der Waals surface area contributed by atoms with Gasteiger partial charge in [-0.2, -0.15) is 0 Å². The number of nitrogens with zero attached hydrogens (tertiary/aromatic N) is 4. The van der Waals surface area contributed by atoms with Gasteiger partial charge in [0.15, 0.2) is 5.82 Å². The summed E-state index contributed by atoms with van der Waals surface area (Å²) in [6.07, 6.45) is 1.40. The standard InChI is InChI=1S/C22H16FN3O5S.C5H14NO/c1-31-19-7-4-6-17(23)21(19)26-13-18(24-25-26)16-5-2-3-8-20(16)32(29,30)15-11-9-14(10-12-15)22(27)28;1-6(2,3)4-5-7/h2-13H,1H3,(H,27,28);7H,4-5H2,1-3H3/q;+1/p-1. The molecule has 0 saturated carbocycles. The summed E-state index contributed by atoms with van der Waals surface area (Å²) in [5.41, 5.74) is 0.338. The molecule has 0 radical (unpaired) electrons. The number of rotatable bonds is 8. The van der Waals surface area contributed by atoms with Crippen LogP contribution in [-0.2, 0) is 9.84 Å². The van der Waals surface area contributed by atoms with Gasteiger partial charge in [-0.25, -0.2) is 17.5 Å². The Labute approximate surface area is 226 Å². The van der Waals surface area contributed by atoms with Crippen LogP contribution in [0.4, 0.5) is 4.39 Å². The molecule has 4 rings (SSSR count). The van der Waals surface area contributed by atoms with Crippen molar-refractivity contribution in [2.75, 3.05) is 41.4 Å². The summed E-state index contributed by atoms with van der Waals surface area (Å²) in [5.74, 6) is -1.76. The van der Waals surface area contributed by atoms with Crippen molar-refractivity contribution in [2.24, 2.45) is 0 Å². The first-order valence-electron chi connectivity index (χ1n) is 11.7. The molecule has 12 heteroatoms. The average molecular weight is 557 g/mol. The number of hydrogen-bond donors (Lipinski definition) is 1. The van der Waals surface area contributed by atoms with E-state index in [1.165, 1.54) is 48.3 Å². The molecule has 0 aliphatic rings. The van der Waals surface area contributed by atoms with Gasteiger partial charge in [0.25, 0.3) is 0 Å².